The molecule has 1 aromatic heterocycles. The zero-order chi connectivity index (χ0) is 7.40. The molecule has 2 heteroatoms. The number of pyridine rings is 1. The van der Waals surface area contributed by atoms with Crippen molar-refractivity contribution in [1.29, 1.82) is 0 Å². The van der Waals surface area contributed by atoms with Gasteiger partial charge in [0, 0.05) is 0 Å². The summed E-state index contributed by atoms with van der Waals surface area (Å²) in [6.45, 7) is 2.21. The third kappa shape index (κ3) is 1.97. The van der Waals surface area contributed by atoms with Crippen LogP contribution in [-0.2, 0) is 0 Å². The van der Waals surface area contributed by atoms with Crippen LogP contribution in [0.3, 0.4) is 0 Å². The molecule has 0 aliphatic heterocycles. The van der Waals surface area contributed by atoms with Crippen LogP contribution in [0.1, 0.15) is 18.5 Å². The molecule has 0 radical (unpaired) electrons. The Bertz CT molecular complexity index is 186. The Hall–Kier alpha value is -0.0604. The molecule has 0 aliphatic rings. The van der Waals surface area contributed by atoms with Crippen molar-refractivity contribution in [2.45, 2.75) is 17.3 Å². The van der Waals surface area contributed by atoms with Gasteiger partial charge in [0.05, 0.1) is 0 Å². The van der Waals surface area contributed by atoms with Gasteiger partial charge in [0.1, 0.15) is 0 Å². The summed E-state index contributed by atoms with van der Waals surface area (Å²) in [5.74, 6) is 0.621. The molecule has 0 bridgehead atoms. The molecule has 0 saturated carbocycles. The number of aromatic nitrogens is 1. The molecule has 1 nitrogen and oxygen atoms in total. The number of nitrogens with zero attached hydrogens (tertiary/aromatic N) is 1. The van der Waals surface area contributed by atoms with Crippen LogP contribution in [0.5, 0.6) is 0 Å². The van der Waals surface area contributed by atoms with Crippen molar-refractivity contribution >= 4 is 22.3 Å². The third-order valence-electron chi connectivity index (χ3n) is 1.47. The van der Waals surface area contributed by atoms with Gasteiger partial charge < -0.3 is 0 Å². The number of hydrogen-bond acceptors (Lipinski definition) is 1. The topological polar surface area (TPSA) is 12.9 Å². The Morgan fingerprint density at radius 3 is 2.90 bits per heavy atom. The second-order valence-electron chi connectivity index (χ2n) is 2.34. The van der Waals surface area contributed by atoms with Crippen LogP contribution in [0.25, 0.3) is 0 Å². The van der Waals surface area contributed by atoms with Gasteiger partial charge in [-0.25, -0.2) is 0 Å². The van der Waals surface area contributed by atoms with E-state index in [0.717, 1.165) is 0 Å². The van der Waals surface area contributed by atoms with Gasteiger partial charge in [-0.05, 0) is 0 Å². The SMILES string of the molecule is CC(C[TeH])c1ccccn1. The molecule has 1 unspecified atom stereocenters. The summed E-state index contributed by atoms with van der Waals surface area (Å²) in [4.78, 5) is 4.26. The Morgan fingerprint density at radius 1 is 1.60 bits per heavy atom. The van der Waals surface area contributed by atoms with Crippen LogP contribution in [0, 0.1) is 0 Å². The molecule has 1 aromatic rings. The van der Waals surface area contributed by atoms with Crippen molar-refractivity contribution in [2.75, 3.05) is 0 Å². The van der Waals surface area contributed by atoms with E-state index < -0.39 is 0 Å². The maximum atomic E-state index is 4.26. The standard InChI is InChI=1S/C8H11NTe/c1-7(6-10)8-4-2-3-5-9-8/h2-5,7,10H,6H2,1H3. The van der Waals surface area contributed by atoms with Crippen LogP contribution >= 0.6 is 0 Å². The van der Waals surface area contributed by atoms with Crippen LogP contribution in [0.2, 0.25) is 4.47 Å². The number of hydrogen-bond donors (Lipinski definition) is 0. The molecule has 0 saturated heterocycles. The van der Waals surface area contributed by atoms with Crippen molar-refractivity contribution in [3.63, 3.8) is 0 Å². The van der Waals surface area contributed by atoms with Gasteiger partial charge in [0.15, 0.2) is 0 Å². The Labute approximate surface area is 74.8 Å². The zero-order valence-corrected chi connectivity index (χ0v) is 8.54. The summed E-state index contributed by atoms with van der Waals surface area (Å²) < 4.78 is 1.21. The fourth-order valence-corrected chi connectivity index (χ4v) is 1.29. The first-order valence-electron chi connectivity index (χ1n) is 3.36. The zero-order valence-electron chi connectivity index (χ0n) is 5.99. The Kier molecular flexibility index (Phi) is 3.18. The first-order chi connectivity index (χ1) is 4.84. The average molecular weight is 249 g/mol. The van der Waals surface area contributed by atoms with E-state index in [9.17, 15) is 0 Å². The molecule has 0 aromatic carbocycles. The molecule has 0 aliphatic carbocycles. The van der Waals surface area contributed by atoms with Crippen LogP contribution in [-0.4, -0.2) is 27.3 Å². The van der Waals surface area contributed by atoms with E-state index in [0.29, 0.717) is 5.92 Å². The molecule has 54 valence electrons. The van der Waals surface area contributed by atoms with Crippen molar-refractivity contribution < 1.29 is 0 Å². The van der Waals surface area contributed by atoms with E-state index >= 15 is 0 Å². The predicted octanol–water partition coefficient (Wildman–Crippen LogP) is 1.50. The van der Waals surface area contributed by atoms with Crippen molar-refractivity contribution in [2.24, 2.45) is 0 Å². The van der Waals surface area contributed by atoms with E-state index in [4.69, 9.17) is 0 Å². The van der Waals surface area contributed by atoms with E-state index in [2.05, 4.69) is 18.0 Å². The van der Waals surface area contributed by atoms with E-state index in [1.165, 1.54) is 10.2 Å². The summed E-state index contributed by atoms with van der Waals surface area (Å²) in [6, 6.07) is 6.08. The van der Waals surface area contributed by atoms with Gasteiger partial charge in [-0.3, -0.25) is 0 Å². The maximum absolute atomic E-state index is 4.26. The van der Waals surface area contributed by atoms with Crippen molar-refractivity contribution in [3.05, 3.63) is 30.1 Å². The summed E-state index contributed by atoms with van der Waals surface area (Å²) in [7, 11) is 0. The fraction of sp³-hybridized carbons (Fsp3) is 0.375. The molecular formula is C8H11NTe. The van der Waals surface area contributed by atoms with Crippen molar-refractivity contribution in [1.82, 2.24) is 4.98 Å². The molecule has 0 amide bonds. The van der Waals surface area contributed by atoms with E-state index in [-0.39, 0.29) is 0 Å². The van der Waals surface area contributed by atoms with Crippen LogP contribution < -0.4 is 0 Å². The van der Waals surface area contributed by atoms with Gasteiger partial charge in [-0.2, -0.15) is 0 Å². The van der Waals surface area contributed by atoms with Gasteiger partial charge in [-0.15, -0.1) is 0 Å². The summed E-state index contributed by atoms with van der Waals surface area (Å²) >= 11 is 1.85. The number of rotatable bonds is 2. The first-order valence-corrected chi connectivity index (χ1v) is 5.17. The van der Waals surface area contributed by atoms with Gasteiger partial charge >= 0.3 is 74.7 Å². The van der Waals surface area contributed by atoms with Gasteiger partial charge in [-0.1, -0.05) is 0 Å². The first kappa shape index (κ1) is 8.04. The minimum atomic E-state index is 0.621. The minimum absolute atomic E-state index is 0.621. The van der Waals surface area contributed by atoms with E-state index in [1.54, 1.807) is 0 Å². The van der Waals surface area contributed by atoms with Gasteiger partial charge in [0.2, 0.25) is 0 Å². The summed E-state index contributed by atoms with van der Waals surface area (Å²) in [6.07, 6.45) is 1.85. The summed E-state index contributed by atoms with van der Waals surface area (Å²) in [5, 5.41) is 0. The third-order valence-corrected chi connectivity index (χ3v) is 3.03. The molecule has 0 N–H and O–H groups in total. The molecule has 10 heavy (non-hydrogen) atoms. The monoisotopic (exact) mass is 251 g/mol. The normalized spacial score (nSPS) is 13.0. The van der Waals surface area contributed by atoms with Crippen LogP contribution in [0.15, 0.2) is 24.4 Å². The van der Waals surface area contributed by atoms with Crippen LogP contribution in [0.4, 0.5) is 0 Å². The van der Waals surface area contributed by atoms with Crippen molar-refractivity contribution in [3.8, 4) is 0 Å². The molecule has 0 spiro atoms. The predicted molar refractivity (Wildman–Crippen MR) is 44.6 cm³/mol. The molecule has 1 atom stereocenters. The summed E-state index contributed by atoms with van der Waals surface area (Å²) in [5.41, 5.74) is 1.21. The fourth-order valence-electron chi connectivity index (χ4n) is 0.761. The quantitative estimate of drug-likeness (QED) is 0.723. The Morgan fingerprint density at radius 2 is 2.40 bits per heavy atom. The molecular weight excluding hydrogens is 238 g/mol. The second-order valence-corrected chi connectivity index (χ2v) is 3.38. The molecule has 1 rings (SSSR count). The second kappa shape index (κ2) is 3.95. The average Bonchev–Trinajstić information content (AvgIpc) is 2.05. The molecule has 1 heterocycles. The van der Waals surface area contributed by atoms with E-state index in [1.807, 2.05) is 40.6 Å². The molecule has 0 fully saturated rings. The van der Waals surface area contributed by atoms with Gasteiger partial charge in [0.25, 0.3) is 0 Å². The Balaban J connectivity index is 2.75.